The number of phenols is 1. The van der Waals surface area contributed by atoms with Gasteiger partial charge in [-0.1, -0.05) is 23.7 Å². The highest BCUT2D eigenvalue weighted by Crippen LogP contribution is 2.38. The van der Waals surface area contributed by atoms with E-state index in [1.807, 2.05) is 18.2 Å². The van der Waals surface area contributed by atoms with Crippen LogP contribution in [0.4, 0.5) is 5.69 Å². The predicted molar refractivity (Wildman–Crippen MR) is 72.0 cm³/mol. The Kier molecular flexibility index (Phi) is 2.84. The molecule has 18 heavy (non-hydrogen) atoms. The van der Waals surface area contributed by atoms with Crippen molar-refractivity contribution in [3.63, 3.8) is 0 Å². The van der Waals surface area contributed by atoms with E-state index < -0.39 is 0 Å². The van der Waals surface area contributed by atoms with E-state index in [-0.39, 0.29) is 6.04 Å². The molecule has 1 heterocycles. The number of rotatable bonds is 2. The van der Waals surface area contributed by atoms with E-state index >= 15 is 0 Å². The molecule has 0 saturated heterocycles. The van der Waals surface area contributed by atoms with Crippen LogP contribution in [-0.2, 0) is 6.42 Å². The summed E-state index contributed by atoms with van der Waals surface area (Å²) in [5.41, 5.74) is 3.18. The number of nitrogens with one attached hydrogen (secondary N) is 1. The molecule has 3 nitrogen and oxygen atoms in total. The Hall–Kier alpha value is -1.74. The number of anilines is 1. The lowest BCUT2D eigenvalue weighted by atomic mass is 10.1. The zero-order chi connectivity index (χ0) is 12.5. The van der Waals surface area contributed by atoms with Gasteiger partial charge in [0, 0.05) is 11.9 Å². The Bertz CT molecular complexity index is 586. The van der Waals surface area contributed by atoms with Crippen LogP contribution in [0.2, 0.25) is 5.15 Å². The van der Waals surface area contributed by atoms with Crippen LogP contribution < -0.4 is 5.32 Å². The third kappa shape index (κ3) is 2.02. The summed E-state index contributed by atoms with van der Waals surface area (Å²) in [4.78, 5) is 3.96. The van der Waals surface area contributed by atoms with E-state index in [2.05, 4.69) is 16.4 Å². The van der Waals surface area contributed by atoms with E-state index in [4.69, 9.17) is 11.6 Å². The van der Waals surface area contributed by atoms with Crippen molar-refractivity contribution < 1.29 is 5.11 Å². The number of fused-ring (bicyclic) bond motifs is 1. The van der Waals surface area contributed by atoms with E-state index in [1.165, 1.54) is 5.56 Å². The SMILES string of the molecule is Oc1cccc2c1CCC2Nc1ccnc(Cl)c1. The van der Waals surface area contributed by atoms with Gasteiger partial charge in [-0.3, -0.25) is 0 Å². The number of pyridine rings is 1. The Morgan fingerprint density at radius 3 is 3.06 bits per heavy atom. The van der Waals surface area contributed by atoms with E-state index in [0.717, 1.165) is 24.1 Å². The molecule has 2 N–H and O–H groups in total. The molecule has 0 bridgehead atoms. The van der Waals surface area contributed by atoms with Gasteiger partial charge in [-0.15, -0.1) is 0 Å². The van der Waals surface area contributed by atoms with Crippen molar-refractivity contribution in [2.45, 2.75) is 18.9 Å². The van der Waals surface area contributed by atoms with Gasteiger partial charge >= 0.3 is 0 Å². The van der Waals surface area contributed by atoms with Crippen molar-refractivity contribution >= 4 is 17.3 Å². The van der Waals surface area contributed by atoms with Gasteiger partial charge in [0.1, 0.15) is 10.9 Å². The van der Waals surface area contributed by atoms with Crippen LogP contribution in [-0.4, -0.2) is 10.1 Å². The smallest absolute Gasteiger partial charge is 0.131 e. The minimum Gasteiger partial charge on any atom is -0.508 e. The van der Waals surface area contributed by atoms with E-state index in [0.29, 0.717) is 10.9 Å². The van der Waals surface area contributed by atoms with Crippen LogP contribution >= 0.6 is 11.6 Å². The first-order valence-electron chi connectivity index (χ1n) is 5.93. The van der Waals surface area contributed by atoms with Gasteiger partial charge in [-0.05, 0) is 42.2 Å². The number of nitrogens with zero attached hydrogens (tertiary/aromatic N) is 1. The standard InChI is InChI=1S/C14H13ClN2O/c15-14-8-9(6-7-16-14)17-12-5-4-11-10(12)2-1-3-13(11)18/h1-3,6-8,12,18H,4-5H2,(H,16,17). The molecule has 1 unspecified atom stereocenters. The predicted octanol–water partition coefficient (Wildman–Crippen LogP) is 3.54. The lowest BCUT2D eigenvalue weighted by molar-refractivity contribution is 0.469. The molecular formula is C14H13ClN2O. The first-order chi connectivity index (χ1) is 8.74. The van der Waals surface area contributed by atoms with Crippen LogP contribution in [0.1, 0.15) is 23.6 Å². The van der Waals surface area contributed by atoms with Crippen molar-refractivity contribution in [2.24, 2.45) is 0 Å². The molecule has 1 aliphatic carbocycles. The van der Waals surface area contributed by atoms with Crippen molar-refractivity contribution in [1.82, 2.24) is 4.98 Å². The molecule has 1 aromatic heterocycles. The van der Waals surface area contributed by atoms with E-state index in [9.17, 15) is 5.11 Å². The molecule has 0 spiro atoms. The second-order valence-corrected chi connectivity index (χ2v) is 4.84. The van der Waals surface area contributed by atoms with Gasteiger partial charge in [0.2, 0.25) is 0 Å². The highest BCUT2D eigenvalue weighted by molar-refractivity contribution is 6.29. The van der Waals surface area contributed by atoms with Gasteiger partial charge in [-0.2, -0.15) is 0 Å². The molecule has 0 radical (unpaired) electrons. The molecule has 1 aromatic carbocycles. The molecular weight excluding hydrogens is 248 g/mol. The van der Waals surface area contributed by atoms with Crippen LogP contribution in [0.25, 0.3) is 0 Å². The van der Waals surface area contributed by atoms with Crippen LogP contribution in [0.3, 0.4) is 0 Å². The first-order valence-corrected chi connectivity index (χ1v) is 6.30. The van der Waals surface area contributed by atoms with Crippen LogP contribution in [0, 0.1) is 0 Å². The molecule has 3 rings (SSSR count). The quantitative estimate of drug-likeness (QED) is 0.812. The number of hydrogen-bond donors (Lipinski definition) is 2. The minimum atomic E-state index is 0.227. The lowest BCUT2D eigenvalue weighted by Gasteiger charge is -2.15. The van der Waals surface area contributed by atoms with Crippen LogP contribution in [0.15, 0.2) is 36.5 Å². The second kappa shape index (κ2) is 4.50. The third-order valence-electron chi connectivity index (χ3n) is 3.31. The Balaban J connectivity index is 1.87. The molecule has 0 fully saturated rings. The normalized spacial score (nSPS) is 17.5. The molecule has 1 aliphatic rings. The molecule has 0 saturated carbocycles. The van der Waals surface area contributed by atoms with Crippen LogP contribution in [0.5, 0.6) is 5.75 Å². The summed E-state index contributed by atoms with van der Waals surface area (Å²) in [6.07, 6.45) is 3.56. The Morgan fingerprint density at radius 1 is 1.33 bits per heavy atom. The molecule has 0 amide bonds. The average molecular weight is 261 g/mol. The minimum absolute atomic E-state index is 0.227. The summed E-state index contributed by atoms with van der Waals surface area (Å²) < 4.78 is 0. The van der Waals surface area contributed by atoms with Crippen molar-refractivity contribution in [3.8, 4) is 5.75 Å². The fraction of sp³-hybridized carbons (Fsp3) is 0.214. The average Bonchev–Trinajstić information content (AvgIpc) is 2.74. The first kappa shape index (κ1) is 11.4. The van der Waals surface area contributed by atoms with Crippen molar-refractivity contribution in [2.75, 3.05) is 5.32 Å². The Labute approximate surface area is 110 Å². The topological polar surface area (TPSA) is 45.1 Å². The summed E-state index contributed by atoms with van der Waals surface area (Å²) >= 11 is 5.86. The van der Waals surface area contributed by atoms with Gasteiger partial charge in [0.05, 0.1) is 6.04 Å². The number of aromatic nitrogens is 1. The summed E-state index contributed by atoms with van der Waals surface area (Å²) in [7, 11) is 0. The zero-order valence-electron chi connectivity index (χ0n) is 9.73. The number of benzene rings is 1. The summed E-state index contributed by atoms with van der Waals surface area (Å²) in [6.45, 7) is 0. The summed E-state index contributed by atoms with van der Waals surface area (Å²) in [6, 6.07) is 9.61. The number of aromatic hydroxyl groups is 1. The van der Waals surface area contributed by atoms with E-state index in [1.54, 1.807) is 12.3 Å². The maximum atomic E-state index is 9.80. The summed E-state index contributed by atoms with van der Waals surface area (Å²) in [5, 5.41) is 13.7. The molecule has 2 aromatic rings. The van der Waals surface area contributed by atoms with Crippen molar-refractivity contribution in [3.05, 3.63) is 52.8 Å². The van der Waals surface area contributed by atoms with Gasteiger partial charge in [0.15, 0.2) is 0 Å². The molecule has 0 aliphatic heterocycles. The van der Waals surface area contributed by atoms with Gasteiger partial charge in [-0.25, -0.2) is 4.98 Å². The molecule has 92 valence electrons. The molecule has 1 atom stereocenters. The second-order valence-electron chi connectivity index (χ2n) is 4.45. The Morgan fingerprint density at radius 2 is 2.22 bits per heavy atom. The fourth-order valence-electron chi connectivity index (χ4n) is 2.48. The van der Waals surface area contributed by atoms with Gasteiger partial charge in [0.25, 0.3) is 0 Å². The highest BCUT2D eigenvalue weighted by Gasteiger charge is 2.24. The van der Waals surface area contributed by atoms with Crippen molar-refractivity contribution in [1.29, 1.82) is 0 Å². The number of hydrogen-bond acceptors (Lipinski definition) is 3. The third-order valence-corrected chi connectivity index (χ3v) is 3.52. The highest BCUT2D eigenvalue weighted by atomic mass is 35.5. The molecule has 4 heteroatoms. The maximum absolute atomic E-state index is 9.80. The monoisotopic (exact) mass is 260 g/mol. The zero-order valence-corrected chi connectivity index (χ0v) is 10.5. The summed E-state index contributed by atoms with van der Waals surface area (Å²) in [5.74, 6) is 0.393. The maximum Gasteiger partial charge on any atom is 0.131 e. The lowest BCUT2D eigenvalue weighted by Crippen LogP contribution is -2.06. The number of phenolic OH excluding ortho intramolecular Hbond substituents is 1. The number of halogens is 1. The fourth-order valence-corrected chi connectivity index (χ4v) is 2.65. The van der Waals surface area contributed by atoms with Gasteiger partial charge < -0.3 is 10.4 Å². The largest absolute Gasteiger partial charge is 0.508 e.